The quantitative estimate of drug-likeness (QED) is 0.860. The largest absolute Gasteiger partial charge is 0.384 e. The van der Waals surface area contributed by atoms with Crippen molar-refractivity contribution in [2.75, 3.05) is 11.9 Å². The van der Waals surface area contributed by atoms with Crippen LogP contribution in [-0.4, -0.2) is 6.54 Å². The number of rotatable bonds is 5. The smallest absolute Gasteiger partial charge is 0.0440 e. The second-order valence-corrected chi connectivity index (χ2v) is 6.73. The van der Waals surface area contributed by atoms with Crippen LogP contribution in [0.25, 0.3) is 0 Å². The average molecular weight is 286 g/mol. The molecule has 2 nitrogen and oxygen atoms in total. The third-order valence-corrected chi connectivity index (χ3v) is 4.92. The van der Waals surface area contributed by atoms with Gasteiger partial charge >= 0.3 is 0 Å². The maximum absolute atomic E-state index is 3.74. The van der Waals surface area contributed by atoms with Crippen LogP contribution in [0.1, 0.15) is 35.9 Å². The fraction of sp³-hybridized carbons (Fsp3) is 0.412. The Morgan fingerprint density at radius 1 is 1.25 bits per heavy atom. The molecule has 1 aromatic carbocycles. The van der Waals surface area contributed by atoms with Crippen LogP contribution in [-0.2, 0) is 13.0 Å². The van der Waals surface area contributed by atoms with Gasteiger partial charge in [0.2, 0.25) is 0 Å². The number of nitrogens with one attached hydrogen (secondary N) is 2. The van der Waals surface area contributed by atoms with E-state index in [-0.39, 0.29) is 0 Å². The maximum atomic E-state index is 3.74. The molecule has 0 saturated heterocycles. The predicted molar refractivity (Wildman–Crippen MR) is 87.4 cm³/mol. The van der Waals surface area contributed by atoms with Gasteiger partial charge in [0.15, 0.2) is 0 Å². The predicted octanol–water partition coefficient (Wildman–Crippen LogP) is 4.20. The number of hydrogen-bond acceptors (Lipinski definition) is 3. The number of thiophene rings is 1. The van der Waals surface area contributed by atoms with Crippen LogP contribution in [0.5, 0.6) is 0 Å². The van der Waals surface area contributed by atoms with Gasteiger partial charge < -0.3 is 10.6 Å². The van der Waals surface area contributed by atoms with Crippen molar-refractivity contribution < 1.29 is 0 Å². The topological polar surface area (TPSA) is 24.1 Å². The summed E-state index contributed by atoms with van der Waals surface area (Å²) in [4.78, 5) is 1.43. The zero-order valence-electron chi connectivity index (χ0n) is 12.1. The third kappa shape index (κ3) is 2.74. The first kappa shape index (κ1) is 13.7. The molecule has 3 heteroatoms. The van der Waals surface area contributed by atoms with Crippen LogP contribution in [0, 0.1) is 5.92 Å². The number of hydrogen-bond donors (Lipinski definition) is 2. The molecule has 0 aliphatic carbocycles. The van der Waals surface area contributed by atoms with Gasteiger partial charge in [-0.3, -0.25) is 0 Å². The fourth-order valence-electron chi connectivity index (χ4n) is 2.91. The van der Waals surface area contributed by atoms with E-state index in [9.17, 15) is 0 Å². The zero-order valence-corrected chi connectivity index (χ0v) is 13.0. The molecule has 1 aliphatic rings. The summed E-state index contributed by atoms with van der Waals surface area (Å²) >= 11 is 1.84. The second kappa shape index (κ2) is 5.98. The van der Waals surface area contributed by atoms with E-state index in [0.717, 1.165) is 19.5 Å². The van der Waals surface area contributed by atoms with Gasteiger partial charge in [0, 0.05) is 29.7 Å². The van der Waals surface area contributed by atoms with Gasteiger partial charge in [0.25, 0.3) is 0 Å². The Hall–Kier alpha value is -1.32. The van der Waals surface area contributed by atoms with Crippen molar-refractivity contribution in [1.82, 2.24) is 5.32 Å². The zero-order chi connectivity index (χ0) is 13.9. The van der Waals surface area contributed by atoms with Crippen LogP contribution in [0.2, 0.25) is 0 Å². The number of para-hydroxylation sites is 1. The molecule has 1 unspecified atom stereocenters. The Morgan fingerprint density at radius 3 is 2.90 bits per heavy atom. The lowest BCUT2D eigenvalue weighted by Crippen LogP contribution is -2.24. The molecule has 1 atom stereocenters. The van der Waals surface area contributed by atoms with E-state index in [0.29, 0.717) is 12.0 Å². The summed E-state index contributed by atoms with van der Waals surface area (Å²) in [5, 5.41) is 9.42. The van der Waals surface area contributed by atoms with Crippen LogP contribution in [0.15, 0.2) is 35.7 Å². The first-order chi connectivity index (χ1) is 9.75. The van der Waals surface area contributed by atoms with E-state index in [4.69, 9.17) is 0 Å². The minimum atomic E-state index is 0.437. The Kier molecular flexibility index (Phi) is 4.08. The van der Waals surface area contributed by atoms with E-state index in [2.05, 4.69) is 60.2 Å². The molecular formula is C17H22N2S. The van der Waals surface area contributed by atoms with Crippen molar-refractivity contribution in [3.8, 4) is 0 Å². The van der Waals surface area contributed by atoms with Crippen molar-refractivity contribution in [2.24, 2.45) is 5.92 Å². The number of benzene rings is 1. The van der Waals surface area contributed by atoms with Gasteiger partial charge in [-0.1, -0.05) is 38.1 Å². The second-order valence-electron chi connectivity index (χ2n) is 5.75. The highest BCUT2D eigenvalue weighted by atomic mass is 32.1. The van der Waals surface area contributed by atoms with Crippen molar-refractivity contribution >= 4 is 17.0 Å². The van der Waals surface area contributed by atoms with Gasteiger partial charge in [-0.25, -0.2) is 0 Å². The summed E-state index contributed by atoms with van der Waals surface area (Å²) in [5.41, 5.74) is 4.21. The SMILES string of the molecule is CC(C)C(NCc1cccc2c1NCC2)c1cccs1. The third-order valence-electron chi connectivity index (χ3n) is 3.96. The molecule has 1 aromatic heterocycles. The van der Waals surface area contributed by atoms with E-state index in [1.165, 1.54) is 21.7 Å². The summed E-state index contributed by atoms with van der Waals surface area (Å²) in [7, 11) is 0. The molecule has 0 bridgehead atoms. The molecule has 0 amide bonds. The number of anilines is 1. The van der Waals surface area contributed by atoms with Crippen LogP contribution >= 0.6 is 11.3 Å². The van der Waals surface area contributed by atoms with E-state index < -0.39 is 0 Å². The van der Waals surface area contributed by atoms with Gasteiger partial charge in [-0.05, 0) is 34.9 Å². The molecule has 0 radical (unpaired) electrons. The first-order valence-corrected chi connectivity index (χ1v) is 8.25. The van der Waals surface area contributed by atoms with Crippen molar-refractivity contribution in [3.63, 3.8) is 0 Å². The lowest BCUT2D eigenvalue weighted by atomic mass is 10.0. The maximum Gasteiger partial charge on any atom is 0.0440 e. The van der Waals surface area contributed by atoms with Crippen molar-refractivity contribution in [3.05, 3.63) is 51.7 Å². The summed E-state index contributed by atoms with van der Waals surface area (Å²) < 4.78 is 0. The van der Waals surface area contributed by atoms with Crippen molar-refractivity contribution in [2.45, 2.75) is 32.9 Å². The molecule has 2 aromatic rings. The fourth-order valence-corrected chi connectivity index (χ4v) is 3.88. The summed E-state index contributed by atoms with van der Waals surface area (Å²) in [5.74, 6) is 0.596. The van der Waals surface area contributed by atoms with Crippen LogP contribution in [0.4, 0.5) is 5.69 Å². The molecular weight excluding hydrogens is 264 g/mol. The standard InChI is InChI=1S/C17H22N2S/c1-12(2)16(15-7-4-10-20-15)19-11-14-6-3-5-13-8-9-18-17(13)14/h3-7,10,12,16,18-19H,8-9,11H2,1-2H3. The Morgan fingerprint density at radius 2 is 2.15 bits per heavy atom. The molecule has 2 N–H and O–H groups in total. The van der Waals surface area contributed by atoms with Gasteiger partial charge in [-0.2, -0.15) is 0 Å². The average Bonchev–Trinajstić information content (AvgIpc) is 3.09. The Balaban J connectivity index is 1.74. The van der Waals surface area contributed by atoms with Crippen molar-refractivity contribution in [1.29, 1.82) is 0 Å². The first-order valence-electron chi connectivity index (χ1n) is 7.37. The monoisotopic (exact) mass is 286 g/mol. The minimum Gasteiger partial charge on any atom is -0.384 e. The molecule has 0 saturated carbocycles. The molecule has 20 heavy (non-hydrogen) atoms. The Labute approximate surface area is 125 Å². The normalized spacial score (nSPS) is 15.2. The van der Waals surface area contributed by atoms with E-state index >= 15 is 0 Å². The summed E-state index contributed by atoms with van der Waals surface area (Å²) in [6.07, 6.45) is 1.15. The van der Waals surface area contributed by atoms with E-state index in [1.807, 2.05) is 11.3 Å². The van der Waals surface area contributed by atoms with Crippen LogP contribution < -0.4 is 10.6 Å². The number of fused-ring (bicyclic) bond motifs is 1. The molecule has 0 spiro atoms. The summed E-state index contributed by atoms with van der Waals surface area (Å²) in [6, 6.07) is 11.5. The summed E-state index contributed by atoms with van der Waals surface area (Å²) in [6.45, 7) is 6.57. The lowest BCUT2D eigenvalue weighted by molar-refractivity contribution is 0.417. The molecule has 2 heterocycles. The van der Waals surface area contributed by atoms with Crippen LogP contribution in [0.3, 0.4) is 0 Å². The van der Waals surface area contributed by atoms with Gasteiger partial charge in [0.1, 0.15) is 0 Å². The molecule has 106 valence electrons. The molecule has 0 fully saturated rings. The highest BCUT2D eigenvalue weighted by Gasteiger charge is 2.18. The Bertz CT molecular complexity index is 560. The van der Waals surface area contributed by atoms with Gasteiger partial charge in [0.05, 0.1) is 0 Å². The lowest BCUT2D eigenvalue weighted by Gasteiger charge is -2.22. The highest BCUT2D eigenvalue weighted by Crippen LogP contribution is 2.29. The van der Waals surface area contributed by atoms with Gasteiger partial charge in [-0.15, -0.1) is 11.3 Å². The highest BCUT2D eigenvalue weighted by molar-refractivity contribution is 7.10. The van der Waals surface area contributed by atoms with E-state index in [1.54, 1.807) is 0 Å². The minimum absolute atomic E-state index is 0.437. The molecule has 1 aliphatic heterocycles. The molecule has 3 rings (SSSR count).